The third kappa shape index (κ3) is 3.97. The zero-order valence-electron chi connectivity index (χ0n) is 9.24. The van der Waals surface area contributed by atoms with Crippen LogP contribution in [0.2, 0.25) is 0 Å². The lowest BCUT2D eigenvalue weighted by Crippen LogP contribution is -2.27. The summed E-state index contributed by atoms with van der Waals surface area (Å²) in [6.07, 6.45) is 0. The molecule has 0 saturated carbocycles. The fraction of sp³-hybridized carbons (Fsp3) is 0.600. The van der Waals surface area contributed by atoms with Crippen molar-refractivity contribution in [3.63, 3.8) is 0 Å². The molecule has 84 valence electrons. The van der Waals surface area contributed by atoms with Gasteiger partial charge in [0, 0.05) is 11.4 Å². The fourth-order valence-corrected chi connectivity index (χ4v) is 1.84. The smallest absolute Gasteiger partial charge is 0.319 e. The van der Waals surface area contributed by atoms with E-state index in [4.69, 9.17) is 4.74 Å². The van der Waals surface area contributed by atoms with Crippen LogP contribution in [0.15, 0.2) is 5.38 Å². The maximum Gasteiger partial charge on any atom is 0.319 e. The van der Waals surface area contributed by atoms with E-state index in [0.717, 1.165) is 10.7 Å². The summed E-state index contributed by atoms with van der Waals surface area (Å²) in [5, 5.41) is 6.10. The molecule has 0 amide bonds. The van der Waals surface area contributed by atoms with Gasteiger partial charge in [0.1, 0.15) is 0 Å². The van der Waals surface area contributed by atoms with E-state index >= 15 is 0 Å². The lowest BCUT2D eigenvalue weighted by atomic mass is 10.2. The normalized spacial score (nSPS) is 12.5. The van der Waals surface area contributed by atoms with Gasteiger partial charge in [-0.1, -0.05) is 0 Å². The maximum absolute atomic E-state index is 11.1. The lowest BCUT2D eigenvalue weighted by Gasteiger charge is -2.10. The summed E-state index contributed by atoms with van der Waals surface area (Å²) in [5.41, 5.74) is 0.974. The maximum atomic E-state index is 11.1. The molecule has 1 aromatic rings. The van der Waals surface area contributed by atoms with E-state index in [0.29, 0.717) is 6.61 Å². The van der Waals surface area contributed by atoms with Gasteiger partial charge in [-0.3, -0.25) is 10.1 Å². The number of hydrogen-bond donors (Lipinski definition) is 1. The van der Waals surface area contributed by atoms with Gasteiger partial charge in [-0.15, -0.1) is 11.3 Å². The third-order valence-corrected chi connectivity index (χ3v) is 2.73. The zero-order chi connectivity index (χ0) is 11.3. The molecular formula is C10H16N2O2S. The van der Waals surface area contributed by atoms with Gasteiger partial charge in [0.25, 0.3) is 0 Å². The average Bonchev–Trinajstić information content (AvgIpc) is 2.62. The number of thiazole rings is 1. The predicted octanol–water partition coefficient (Wildman–Crippen LogP) is 1.67. The first-order chi connectivity index (χ1) is 7.13. The van der Waals surface area contributed by atoms with Crippen LogP contribution in [0.25, 0.3) is 0 Å². The van der Waals surface area contributed by atoms with Crippen LogP contribution in [-0.4, -0.2) is 24.1 Å². The minimum atomic E-state index is -0.226. The van der Waals surface area contributed by atoms with E-state index in [-0.39, 0.29) is 18.6 Å². The van der Waals surface area contributed by atoms with Gasteiger partial charge in [0.15, 0.2) is 0 Å². The quantitative estimate of drug-likeness (QED) is 0.779. The number of rotatable bonds is 5. The van der Waals surface area contributed by atoms with Gasteiger partial charge in [-0.05, 0) is 20.8 Å². The second-order valence-corrected chi connectivity index (χ2v) is 4.26. The van der Waals surface area contributed by atoms with Crippen LogP contribution in [0.5, 0.6) is 0 Å². The number of esters is 1. The Balaban J connectivity index is 2.36. The molecule has 0 spiro atoms. The van der Waals surface area contributed by atoms with Crippen LogP contribution < -0.4 is 5.32 Å². The third-order valence-electron chi connectivity index (χ3n) is 1.94. The van der Waals surface area contributed by atoms with E-state index in [1.54, 1.807) is 18.3 Å². The molecule has 1 heterocycles. The summed E-state index contributed by atoms with van der Waals surface area (Å²) in [5.74, 6) is -0.226. The van der Waals surface area contributed by atoms with Crippen LogP contribution in [-0.2, 0) is 9.53 Å². The first-order valence-corrected chi connectivity index (χ1v) is 5.82. The molecule has 1 atom stereocenters. The van der Waals surface area contributed by atoms with Gasteiger partial charge in [-0.2, -0.15) is 0 Å². The van der Waals surface area contributed by atoms with Gasteiger partial charge < -0.3 is 4.74 Å². The van der Waals surface area contributed by atoms with E-state index in [1.165, 1.54) is 0 Å². The number of carbonyl (C=O) groups is 1. The molecule has 0 radical (unpaired) electrons. The van der Waals surface area contributed by atoms with Crippen molar-refractivity contribution < 1.29 is 9.53 Å². The minimum Gasteiger partial charge on any atom is -0.465 e. The molecule has 1 unspecified atom stereocenters. The summed E-state index contributed by atoms with van der Waals surface area (Å²) in [6.45, 7) is 6.39. The fourth-order valence-electron chi connectivity index (χ4n) is 1.13. The molecule has 15 heavy (non-hydrogen) atoms. The molecule has 1 N–H and O–H groups in total. The number of hydrogen-bond acceptors (Lipinski definition) is 5. The highest BCUT2D eigenvalue weighted by molar-refractivity contribution is 7.09. The Labute approximate surface area is 93.7 Å². The molecule has 1 aromatic heterocycles. The van der Waals surface area contributed by atoms with Crippen LogP contribution >= 0.6 is 11.3 Å². The lowest BCUT2D eigenvalue weighted by molar-refractivity contribution is -0.142. The number of ether oxygens (including phenoxy) is 1. The Morgan fingerprint density at radius 2 is 2.47 bits per heavy atom. The Hall–Kier alpha value is -0.940. The average molecular weight is 228 g/mol. The van der Waals surface area contributed by atoms with Crippen molar-refractivity contribution in [3.8, 4) is 0 Å². The zero-order valence-corrected chi connectivity index (χ0v) is 10.1. The molecule has 0 saturated heterocycles. The molecule has 0 aliphatic carbocycles. The second kappa shape index (κ2) is 5.82. The largest absolute Gasteiger partial charge is 0.465 e. The Morgan fingerprint density at radius 1 is 1.73 bits per heavy atom. The van der Waals surface area contributed by atoms with Crippen molar-refractivity contribution in [2.75, 3.05) is 13.2 Å². The van der Waals surface area contributed by atoms with E-state index in [1.807, 2.05) is 19.2 Å². The summed E-state index contributed by atoms with van der Waals surface area (Å²) < 4.78 is 4.81. The molecule has 1 rings (SSSR count). The van der Waals surface area contributed by atoms with Crippen molar-refractivity contribution in [3.05, 3.63) is 16.1 Å². The van der Waals surface area contributed by atoms with E-state index in [2.05, 4.69) is 10.3 Å². The Morgan fingerprint density at radius 3 is 3.00 bits per heavy atom. The topological polar surface area (TPSA) is 51.2 Å². The SMILES string of the molecule is CCOC(=O)CNC(C)c1csc(C)n1. The summed E-state index contributed by atoms with van der Waals surface area (Å²) in [4.78, 5) is 15.4. The number of carbonyl (C=O) groups excluding carboxylic acids is 1. The highest BCUT2D eigenvalue weighted by Gasteiger charge is 2.10. The first kappa shape index (κ1) is 12.1. The molecule has 0 aliphatic rings. The summed E-state index contributed by atoms with van der Waals surface area (Å²) in [6, 6.07) is 0.0827. The monoisotopic (exact) mass is 228 g/mol. The molecule has 0 bridgehead atoms. The van der Waals surface area contributed by atoms with Crippen molar-refractivity contribution in [1.29, 1.82) is 0 Å². The number of nitrogens with one attached hydrogen (secondary N) is 1. The van der Waals surface area contributed by atoms with Crippen LogP contribution in [0, 0.1) is 6.92 Å². The van der Waals surface area contributed by atoms with Crippen molar-refractivity contribution >= 4 is 17.3 Å². The second-order valence-electron chi connectivity index (χ2n) is 3.20. The molecule has 5 heteroatoms. The van der Waals surface area contributed by atoms with Gasteiger partial charge >= 0.3 is 5.97 Å². The first-order valence-electron chi connectivity index (χ1n) is 4.94. The van der Waals surface area contributed by atoms with Crippen LogP contribution in [0.4, 0.5) is 0 Å². The van der Waals surface area contributed by atoms with Crippen molar-refractivity contribution in [2.45, 2.75) is 26.8 Å². The molecule has 4 nitrogen and oxygen atoms in total. The van der Waals surface area contributed by atoms with Gasteiger partial charge in [0.05, 0.1) is 23.9 Å². The van der Waals surface area contributed by atoms with Crippen LogP contribution in [0.1, 0.15) is 30.6 Å². The summed E-state index contributed by atoms with van der Waals surface area (Å²) >= 11 is 1.61. The number of aromatic nitrogens is 1. The van der Waals surface area contributed by atoms with Crippen molar-refractivity contribution in [1.82, 2.24) is 10.3 Å². The van der Waals surface area contributed by atoms with E-state index < -0.39 is 0 Å². The Kier molecular flexibility index (Phi) is 4.71. The van der Waals surface area contributed by atoms with Gasteiger partial charge in [-0.25, -0.2) is 4.98 Å². The van der Waals surface area contributed by atoms with Gasteiger partial charge in [0.2, 0.25) is 0 Å². The Bertz CT molecular complexity index is 325. The highest BCUT2D eigenvalue weighted by atomic mass is 32.1. The number of aryl methyl sites for hydroxylation is 1. The highest BCUT2D eigenvalue weighted by Crippen LogP contribution is 2.15. The standard InChI is InChI=1S/C10H16N2O2S/c1-4-14-10(13)5-11-7(2)9-6-15-8(3)12-9/h6-7,11H,4-5H2,1-3H3. The van der Waals surface area contributed by atoms with Crippen molar-refractivity contribution in [2.24, 2.45) is 0 Å². The predicted molar refractivity (Wildman–Crippen MR) is 59.9 cm³/mol. The molecule has 0 fully saturated rings. The molecule has 0 aromatic carbocycles. The summed E-state index contributed by atoms with van der Waals surface area (Å²) in [7, 11) is 0. The van der Waals surface area contributed by atoms with E-state index in [9.17, 15) is 4.79 Å². The van der Waals surface area contributed by atoms with Crippen LogP contribution in [0.3, 0.4) is 0 Å². The molecular weight excluding hydrogens is 212 g/mol. The molecule has 0 aliphatic heterocycles. The number of nitrogens with zero attached hydrogens (tertiary/aromatic N) is 1. The minimum absolute atomic E-state index is 0.0827.